The average Bonchev–Trinajstić information content (AvgIpc) is 1.96. The first-order valence-electron chi connectivity index (χ1n) is 2.70. The van der Waals surface area contributed by atoms with Crippen LogP contribution in [0.15, 0.2) is 12.5 Å². The molecule has 0 aromatic heterocycles. The van der Waals surface area contributed by atoms with Crippen LogP contribution in [0.2, 0.25) is 0 Å². The van der Waals surface area contributed by atoms with Gasteiger partial charge in [-0.2, -0.15) is 5.06 Å². The number of nitrogens with zero attached hydrogens (tertiary/aromatic N) is 1. The van der Waals surface area contributed by atoms with Crippen LogP contribution >= 0.6 is 7.60 Å². The SMILES string of the molecule is CP(=O)(O)OOC=CN(O)C=O.[Na].[Na]. The van der Waals surface area contributed by atoms with Crippen LogP contribution in [0.25, 0.3) is 0 Å². The number of carbonyl (C=O) groups excluding carboxylic acids is 1. The molecule has 0 aliphatic heterocycles. The Morgan fingerprint density at radius 2 is 1.93 bits per heavy atom. The molecule has 2 radical (unpaired) electrons. The van der Waals surface area contributed by atoms with Gasteiger partial charge in [-0.1, -0.05) is 0 Å². The molecule has 0 aliphatic rings. The maximum Gasteiger partial charge on any atom is 0.363 e. The summed E-state index contributed by atoms with van der Waals surface area (Å²) in [7, 11) is -3.70. The molecule has 0 bridgehead atoms. The molecule has 0 aliphatic carbocycles. The maximum atomic E-state index is 10.4. The van der Waals surface area contributed by atoms with Gasteiger partial charge in [0.25, 0.3) is 0 Å². The largest absolute Gasteiger partial charge is 0.363 e. The summed E-state index contributed by atoms with van der Waals surface area (Å²) in [6.45, 7) is 0.914. The molecule has 0 fully saturated rings. The Labute approximate surface area is 125 Å². The predicted octanol–water partition coefficient (Wildman–Crippen LogP) is -0.693. The van der Waals surface area contributed by atoms with Gasteiger partial charge < -0.3 is 9.78 Å². The second kappa shape index (κ2) is 10.6. The van der Waals surface area contributed by atoms with E-state index in [9.17, 15) is 9.36 Å². The van der Waals surface area contributed by atoms with E-state index in [0.29, 0.717) is 0 Å². The number of hydrogen-bond acceptors (Lipinski definition) is 5. The van der Waals surface area contributed by atoms with Gasteiger partial charge in [0.05, 0.1) is 6.20 Å². The second-order valence-electron chi connectivity index (χ2n) is 1.74. The van der Waals surface area contributed by atoms with Gasteiger partial charge in [-0.05, 0) is 0 Å². The van der Waals surface area contributed by atoms with Crippen LogP contribution in [0.3, 0.4) is 0 Å². The summed E-state index contributed by atoms with van der Waals surface area (Å²) in [4.78, 5) is 22.2. The molecular weight excluding hydrogens is 235 g/mol. The second-order valence-corrected chi connectivity index (χ2v) is 3.50. The fourth-order valence-corrected chi connectivity index (χ4v) is 0.436. The molecule has 7 nitrogen and oxygen atoms in total. The van der Waals surface area contributed by atoms with Crippen LogP contribution in [0, 0.1) is 0 Å². The number of hydroxylamine groups is 2. The van der Waals surface area contributed by atoms with Gasteiger partial charge in [-0.3, -0.25) is 14.6 Å². The fraction of sp³-hybridized carbons (Fsp3) is 0.250. The summed E-state index contributed by atoms with van der Waals surface area (Å²) in [5, 5.41) is 8.54. The molecule has 0 spiro atoms. The normalized spacial score (nSPS) is 13.4. The standard InChI is InChI=1S/C4H8NO6P.2Na/c1-12(8,9)11-10-3-2-5(7)4-6;;/h2-4,7H,1H3,(H,8,9);;. The average molecular weight is 243 g/mol. The Balaban J connectivity index is -0.000000605. The molecular formula is C4H8NNa2O6P. The minimum Gasteiger partial charge on any atom is -0.335 e. The van der Waals surface area contributed by atoms with E-state index in [1.807, 2.05) is 0 Å². The van der Waals surface area contributed by atoms with Crippen molar-refractivity contribution in [3.05, 3.63) is 12.5 Å². The molecule has 0 rings (SSSR count). The first-order chi connectivity index (χ1) is 5.45. The summed E-state index contributed by atoms with van der Waals surface area (Å²) >= 11 is 0. The smallest absolute Gasteiger partial charge is 0.335 e. The van der Waals surface area contributed by atoms with Crippen LogP contribution in [-0.4, -0.2) is 87.4 Å². The summed E-state index contributed by atoms with van der Waals surface area (Å²) in [5.74, 6) is 0. The van der Waals surface area contributed by atoms with Gasteiger partial charge in [0.15, 0.2) is 0 Å². The number of amides is 1. The monoisotopic (exact) mass is 243 g/mol. The molecule has 72 valence electrons. The summed E-state index contributed by atoms with van der Waals surface area (Å²) in [6, 6.07) is 0. The van der Waals surface area contributed by atoms with E-state index in [0.717, 1.165) is 19.1 Å². The Hall–Kier alpha value is 1.12. The molecule has 0 saturated carbocycles. The Morgan fingerprint density at radius 1 is 1.43 bits per heavy atom. The zero-order valence-corrected chi connectivity index (χ0v) is 13.0. The van der Waals surface area contributed by atoms with Gasteiger partial charge in [-0.15, -0.1) is 4.67 Å². The third-order valence-corrected chi connectivity index (χ3v) is 0.921. The molecule has 1 amide bonds. The number of rotatable bonds is 5. The molecule has 2 N–H and O–H groups in total. The van der Waals surface area contributed by atoms with Gasteiger partial charge in [0.2, 0.25) is 6.41 Å². The number of hydrogen-bond donors (Lipinski definition) is 2. The molecule has 0 heterocycles. The quantitative estimate of drug-likeness (QED) is 0.126. The van der Waals surface area contributed by atoms with Crippen LogP contribution in [0.4, 0.5) is 0 Å². The van der Waals surface area contributed by atoms with Gasteiger partial charge in [0, 0.05) is 65.8 Å². The van der Waals surface area contributed by atoms with Crippen molar-refractivity contribution in [1.82, 2.24) is 5.06 Å². The molecule has 1 unspecified atom stereocenters. The van der Waals surface area contributed by atoms with Gasteiger partial charge >= 0.3 is 7.60 Å². The fourth-order valence-electron chi connectivity index (χ4n) is 0.227. The molecule has 1 atom stereocenters. The van der Waals surface area contributed by atoms with Crippen molar-refractivity contribution in [3.8, 4) is 0 Å². The third kappa shape index (κ3) is 15.6. The van der Waals surface area contributed by atoms with Crippen molar-refractivity contribution in [2.45, 2.75) is 0 Å². The Kier molecular flexibility index (Phi) is 15.6. The van der Waals surface area contributed by atoms with E-state index < -0.39 is 7.60 Å². The van der Waals surface area contributed by atoms with E-state index in [2.05, 4.69) is 9.56 Å². The van der Waals surface area contributed by atoms with E-state index >= 15 is 0 Å². The van der Waals surface area contributed by atoms with Crippen molar-refractivity contribution in [1.29, 1.82) is 0 Å². The first-order valence-corrected chi connectivity index (χ1v) is 4.72. The number of carbonyl (C=O) groups is 1. The molecule has 0 saturated heterocycles. The van der Waals surface area contributed by atoms with Crippen LogP contribution < -0.4 is 0 Å². The van der Waals surface area contributed by atoms with Crippen molar-refractivity contribution < 1.29 is 29.0 Å². The first kappa shape index (κ1) is 20.5. The topological polar surface area (TPSA) is 96.3 Å². The van der Waals surface area contributed by atoms with Crippen LogP contribution in [0.1, 0.15) is 0 Å². The van der Waals surface area contributed by atoms with E-state index in [-0.39, 0.29) is 70.6 Å². The van der Waals surface area contributed by atoms with Gasteiger partial charge in [0.1, 0.15) is 6.26 Å². The summed E-state index contributed by atoms with van der Waals surface area (Å²) in [6.07, 6.45) is 1.59. The van der Waals surface area contributed by atoms with E-state index in [4.69, 9.17) is 10.1 Å². The van der Waals surface area contributed by atoms with E-state index in [1.54, 1.807) is 0 Å². The van der Waals surface area contributed by atoms with Crippen LogP contribution in [-0.2, 0) is 18.9 Å². The Bertz CT molecular complexity index is 218. The zero-order chi connectivity index (χ0) is 9.61. The van der Waals surface area contributed by atoms with Crippen molar-refractivity contribution >= 4 is 73.1 Å². The van der Waals surface area contributed by atoms with Crippen molar-refractivity contribution in [2.24, 2.45) is 0 Å². The molecule has 0 aromatic carbocycles. The molecule has 14 heavy (non-hydrogen) atoms. The van der Waals surface area contributed by atoms with Crippen molar-refractivity contribution in [3.63, 3.8) is 0 Å². The Morgan fingerprint density at radius 3 is 2.29 bits per heavy atom. The zero-order valence-electron chi connectivity index (χ0n) is 8.15. The molecule has 10 heteroatoms. The minimum atomic E-state index is -3.70. The summed E-state index contributed by atoms with van der Waals surface area (Å²) in [5.41, 5.74) is 0. The maximum absolute atomic E-state index is 10.4. The minimum absolute atomic E-state index is 0. The third-order valence-electron chi connectivity index (χ3n) is 0.558. The van der Waals surface area contributed by atoms with Gasteiger partial charge in [-0.25, -0.2) is 0 Å². The van der Waals surface area contributed by atoms with E-state index in [1.165, 1.54) is 0 Å². The molecule has 0 aromatic rings. The van der Waals surface area contributed by atoms with Crippen molar-refractivity contribution in [2.75, 3.05) is 6.66 Å². The summed E-state index contributed by atoms with van der Waals surface area (Å²) < 4.78 is 14.3. The predicted molar refractivity (Wildman–Crippen MR) is 48.3 cm³/mol. The van der Waals surface area contributed by atoms with Crippen LogP contribution in [0.5, 0.6) is 0 Å².